The van der Waals surface area contributed by atoms with E-state index >= 15 is 0 Å². The van der Waals surface area contributed by atoms with Crippen LogP contribution in [0, 0.1) is 0 Å². The molecule has 0 heterocycles. The second-order valence-corrected chi connectivity index (χ2v) is 14.7. The van der Waals surface area contributed by atoms with Crippen molar-refractivity contribution in [2.24, 2.45) is 0 Å². The Bertz CT molecular complexity index is 805. The fourth-order valence-electron chi connectivity index (χ4n) is 2.79. The molecule has 0 radical (unpaired) electrons. The number of hydrogen-bond donors (Lipinski definition) is 1. The van der Waals surface area contributed by atoms with Gasteiger partial charge in [-0.25, -0.2) is 4.79 Å². The predicted octanol–water partition coefficient (Wildman–Crippen LogP) is 5.42. The molecule has 5 nitrogen and oxygen atoms in total. The minimum Gasteiger partial charge on any atom is -0.466 e. The molecule has 7 heteroatoms. The van der Waals surface area contributed by atoms with Crippen LogP contribution >= 0.6 is 15.9 Å². The van der Waals surface area contributed by atoms with Crippen molar-refractivity contribution in [2.75, 3.05) is 20.0 Å². The van der Waals surface area contributed by atoms with Gasteiger partial charge in [0.1, 0.15) is 12.4 Å². The molecule has 2 aromatic carbocycles. The van der Waals surface area contributed by atoms with E-state index in [1.807, 2.05) is 30.3 Å². The van der Waals surface area contributed by atoms with Gasteiger partial charge in [-0.2, -0.15) is 0 Å². The third kappa shape index (κ3) is 8.22. The highest BCUT2D eigenvalue weighted by Crippen LogP contribution is 2.33. The molecule has 0 aliphatic carbocycles. The van der Waals surface area contributed by atoms with Gasteiger partial charge in [0.25, 0.3) is 0 Å². The fourth-order valence-corrected chi connectivity index (χ4v) is 4.03. The largest absolute Gasteiger partial charge is 0.466 e. The number of aliphatic hydroxyl groups is 1. The molecule has 2 rings (SSSR count). The van der Waals surface area contributed by atoms with Crippen molar-refractivity contribution >= 4 is 30.0 Å². The van der Waals surface area contributed by atoms with E-state index in [0.717, 1.165) is 16.1 Å². The van der Waals surface area contributed by atoms with Gasteiger partial charge in [0.15, 0.2) is 6.79 Å². The summed E-state index contributed by atoms with van der Waals surface area (Å²) < 4.78 is 17.8. The molecule has 1 N–H and O–H groups in total. The van der Waals surface area contributed by atoms with Crippen molar-refractivity contribution in [3.05, 3.63) is 63.6 Å². The van der Waals surface area contributed by atoms with E-state index in [1.54, 1.807) is 12.1 Å². The van der Waals surface area contributed by atoms with Gasteiger partial charge in [-0.15, -0.1) is 0 Å². The molecule has 0 saturated carbocycles. The summed E-state index contributed by atoms with van der Waals surface area (Å²) in [6.45, 7) is 7.88. The number of hydrogen-bond acceptors (Lipinski definition) is 5. The van der Waals surface area contributed by atoms with Crippen LogP contribution in [0.4, 0.5) is 0 Å². The van der Waals surface area contributed by atoms with Crippen LogP contribution in [0.15, 0.2) is 46.9 Å². The van der Waals surface area contributed by atoms with E-state index in [0.29, 0.717) is 36.3 Å². The Balaban J connectivity index is 2.10. The molecule has 0 amide bonds. The van der Waals surface area contributed by atoms with Crippen LogP contribution in [-0.2, 0) is 22.5 Å². The first-order valence-corrected chi connectivity index (χ1v) is 14.7. The molecule has 0 aliphatic heterocycles. The minimum atomic E-state index is -1.17. The average Bonchev–Trinajstić information content (AvgIpc) is 2.71. The number of rotatable bonds is 12. The van der Waals surface area contributed by atoms with Crippen LogP contribution in [0.2, 0.25) is 25.7 Å². The number of carbonyl (C=O) groups is 1. The van der Waals surface area contributed by atoms with Crippen molar-refractivity contribution in [3.8, 4) is 5.75 Å². The van der Waals surface area contributed by atoms with Crippen molar-refractivity contribution in [1.82, 2.24) is 0 Å². The summed E-state index contributed by atoms with van der Waals surface area (Å²) >= 11 is 3.51. The third-order valence-corrected chi connectivity index (χ3v) is 6.84. The lowest BCUT2D eigenvalue weighted by atomic mass is 10.0. The first-order valence-electron chi connectivity index (χ1n) is 10.2. The highest BCUT2D eigenvalue weighted by Gasteiger charge is 2.20. The van der Waals surface area contributed by atoms with Gasteiger partial charge in [-0.1, -0.05) is 50.0 Å². The lowest BCUT2D eigenvalue weighted by molar-refractivity contribution is 0.0206. The molecule has 30 heavy (non-hydrogen) atoms. The van der Waals surface area contributed by atoms with Gasteiger partial charge in [0, 0.05) is 26.9 Å². The van der Waals surface area contributed by atoms with E-state index in [2.05, 4.69) is 35.6 Å². The van der Waals surface area contributed by atoms with Gasteiger partial charge >= 0.3 is 5.97 Å². The maximum Gasteiger partial charge on any atom is 0.338 e. The van der Waals surface area contributed by atoms with Crippen LogP contribution in [0.3, 0.4) is 0 Å². The van der Waals surface area contributed by atoms with Gasteiger partial charge in [0.2, 0.25) is 0 Å². The molecule has 0 bridgehead atoms. The topological polar surface area (TPSA) is 65.0 Å². The second kappa shape index (κ2) is 12.2. The Kier molecular flexibility index (Phi) is 10.0. The molecule has 2 aromatic rings. The molecular formula is C23H31BrO5Si. The van der Waals surface area contributed by atoms with E-state index in [1.165, 1.54) is 0 Å². The van der Waals surface area contributed by atoms with Gasteiger partial charge in [-0.3, -0.25) is 0 Å². The zero-order chi connectivity index (χ0) is 22.0. The molecule has 0 atom stereocenters. The number of halogens is 1. The van der Waals surface area contributed by atoms with Gasteiger partial charge in [0.05, 0.1) is 10.0 Å². The first kappa shape index (κ1) is 24.6. The number of esters is 1. The van der Waals surface area contributed by atoms with Crippen LogP contribution in [0.5, 0.6) is 5.75 Å². The summed E-state index contributed by atoms with van der Waals surface area (Å²) in [6, 6.07) is 14.1. The lowest BCUT2D eigenvalue weighted by Crippen LogP contribution is -2.22. The molecule has 0 unspecified atom stereocenters. The minimum absolute atomic E-state index is 0.0250. The Morgan fingerprint density at radius 1 is 1.10 bits per heavy atom. The number of benzene rings is 2. The number of carbonyl (C=O) groups excluding carboxylic acids is 1. The quantitative estimate of drug-likeness (QED) is 0.184. The summed E-state index contributed by atoms with van der Waals surface area (Å²) in [5.41, 5.74) is 2.08. The van der Waals surface area contributed by atoms with Crippen LogP contribution in [0.25, 0.3) is 0 Å². The van der Waals surface area contributed by atoms with E-state index in [4.69, 9.17) is 14.2 Å². The molecular weight excluding hydrogens is 464 g/mol. The summed E-state index contributed by atoms with van der Waals surface area (Å²) in [4.78, 5) is 12.8. The molecule has 164 valence electrons. The molecule has 0 spiro atoms. The maximum atomic E-state index is 12.8. The molecule has 0 fully saturated rings. The first-order chi connectivity index (χ1) is 14.3. The highest BCUT2D eigenvalue weighted by molar-refractivity contribution is 9.10. The van der Waals surface area contributed by atoms with Crippen molar-refractivity contribution in [2.45, 2.75) is 45.1 Å². The van der Waals surface area contributed by atoms with E-state index in [9.17, 15) is 9.90 Å². The van der Waals surface area contributed by atoms with Crippen LogP contribution in [-0.4, -0.2) is 39.2 Å². The standard InChI is InChI=1S/C23H31BrO5Si/c1-30(2,3)15-14-27-17-29-22-19(10-7-13-25)20(11-12-21(22)24)23(26)28-16-18-8-5-4-6-9-18/h4-6,8-9,11-12,25H,7,10,13-17H2,1-3H3. The monoisotopic (exact) mass is 494 g/mol. The lowest BCUT2D eigenvalue weighted by Gasteiger charge is -2.18. The van der Waals surface area contributed by atoms with Crippen LogP contribution in [0.1, 0.15) is 27.9 Å². The Morgan fingerprint density at radius 3 is 2.50 bits per heavy atom. The Hall–Kier alpha value is -1.67. The number of aliphatic hydroxyl groups excluding tert-OH is 1. The van der Waals surface area contributed by atoms with Crippen molar-refractivity contribution < 1.29 is 24.1 Å². The normalized spacial score (nSPS) is 11.4. The molecule has 0 saturated heterocycles. The molecule has 0 aromatic heterocycles. The van der Waals surface area contributed by atoms with Crippen molar-refractivity contribution in [1.29, 1.82) is 0 Å². The fraction of sp³-hybridized carbons (Fsp3) is 0.435. The van der Waals surface area contributed by atoms with E-state index in [-0.39, 0.29) is 20.0 Å². The van der Waals surface area contributed by atoms with Gasteiger partial charge < -0.3 is 19.3 Å². The SMILES string of the molecule is C[Si](C)(C)CCOCOc1c(Br)ccc(C(=O)OCc2ccccc2)c1CCCO. The summed E-state index contributed by atoms with van der Waals surface area (Å²) in [7, 11) is -1.17. The highest BCUT2D eigenvalue weighted by atomic mass is 79.9. The van der Waals surface area contributed by atoms with Crippen LogP contribution < -0.4 is 4.74 Å². The van der Waals surface area contributed by atoms with Gasteiger partial charge in [-0.05, 0) is 52.5 Å². The van der Waals surface area contributed by atoms with Crippen molar-refractivity contribution in [3.63, 3.8) is 0 Å². The summed E-state index contributed by atoms with van der Waals surface area (Å²) in [5, 5.41) is 9.30. The number of ether oxygens (including phenoxy) is 3. The predicted molar refractivity (Wildman–Crippen MR) is 125 cm³/mol. The Morgan fingerprint density at radius 2 is 1.83 bits per heavy atom. The van der Waals surface area contributed by atoms with E-state index < -0.39 is 14.0 Å². The summed E-state index contributed by atoms with van der Waals surface area (Å²) in [5.74, 6) is 0.148. The second-order valence-electron chi connectivity index (χ2n) is 8.27. The zero-order valence-corrected chi connectivity index (χ0v) is 20.5. The Labute approximate surface area is 188 Å². The molecule has 0 aliphatic rings. The maximum absolute atomic E-state index is 12.8. The average molecular weight is 495 g/mol. The zero-order valence-electron chi connectivity index (χ0n) is 17.9. The summed E-state index contributed by atoms with van der Waals surface area (Å²) in [6.07, 6.45) is 1.01. The third-order valence-electron chi connectivity index (χ3n) is 4.51. The smallest absolute Gasteiger partial charge is 0.338 e.